The van der Waals surface area contributed by atoms with E-state index in [0.717, 1.165) is 6.42 Å². The Bertz CT molecular complexity index is 240. The second kappa shape index (κ2) is 3.48. The Labute approximate surface area is 81.9 Å². The molecule has 1 saturated carbocycles. The molecule has 0 N–H and O–H groups in total. The van der Waals surface area contributed by atoms with Gasteiger partial charge in [-0.2, -0.15) is 13.2 Å². The molecule has 0 aliphatic heterocycles. The molecule has 4 heteroatoms. The fraction of sp³-hybridized carbons (Fsp3) is 0.800. The Kier molecular flexibility index (Phi) is 2.83. The standard InChI is InChI=1S/C10H15F3O/c1-4-14-8(10(11,12)13)5-7-6-9(7,2)3/h5,7H,4,6H2,1-3H3. The van der Waals surface area contributed by atoms with Gasteiger partial charge in [-0.1, -0.05) is 13.8 Å². The number of halogens is 3. The topological polar surface area (TPSA) is 9.23 Å². The minimum absolute atomic E-state index is 0.00525. The third-order valence-corrected chi connectivity index (χ3v) is 2.52. The van der Waals surface area contributed by atoms with Crippen LogP contribution in [0, 0.1) is 11.3 Å². The van der Waals surface area contributed by atoms with E-state index in [2.05, 4.69) is 4.74 Å². The minimum atomic E-state index is -4.35. The molecule has 14 heavy (non-hydrogen) atoms. The summed E-state index contributed by atoms with van der Waals surface area (Å²) in [6, 6.07) is 0. The van der Waals surface area contributed by atoms with Gasteiger partial charge in [-0.15, -0.1) is 0 Å². The predicted octanol–water partition coefficient (Wildman–Crippen LogP) is 3.52. The zero-order valence-corrected chi connectivity index (χ0v) is 8.61. The van der Waals surface area contributed by atoms with Crippen molar-refractivity contribution in [2.24, 2.45) is 11.3 Å². The maximum absolute atomic E-state index is 12.4. The highest BCUT2D eigenvalue weighted by Gasteiger charge is 2.47. The molecular formula is C10H15F3O. The highest BCUT2D eigenvalue weighted by molar-refractivity contribution is 5.13. The highest BCUT2D eigenvalue weighted by Crippen LogP contribution is 2.53. The second-order valence-electron chi connectivity index (χ2n) is 4.26. The molecule has 1 aliphatic rings. The molecule has 0 aromatic rings. The van der Waals surface area contributed by atoms with E-state index in [0.29, 0.717) is 0 Å². The van der Waals surface area contributed by atoms with Crippen molar-refractivity contribution < 1.29 is 17.9 Å². The Morgan fingerprint density at radius 2 is 2.00 bits per heavy atom. The maximum atomic E-state index is 12.4. The summed E-state index contributed by atoms with van der Waals surface area (Å²) >= 11 is 0. The lowest BCUT2D eigenvalue weighted by molar-refractivity contribution is -0.130. The molecule has 0 radical (unpaired) electrons. The fourth-order valence-corrected chi connectivity index (χ4v) is 1.36. The molecule has 1 atom stereocenters. The van der Waals surface area contributed by atoms with Gasteiger partial charge in [0.2, 0.25) is 0 Å². The van der Waals surface area contributed by atoms with Crippen LogP contribution in [0.5, 0.6) is 0 Å². The monoisotopic (exact) mass is 208 g/mol. The Morgan fingerprint density at radius 1 is 1.50 bits per heavy atom. The van der Waals surface area contributed by atoms with Crippen molar-refractivity contribution in [3.8, 4) is 0 Å². The molecule has 1 rings (SSSR count). The van der Waals surface area contributed by atoms with Gasteiger partial charge in [0.1, 0.15) is 0 Å². The summed E-state index contributed by atoms with van der Waals surface area (Å²) in [7, 11) is 0. The average Bonchev–Trinajstić information content (AvgIpc) is 2.56. The Balaban J connectivity index is 2.69. The number of rotatable bonds is 3. The van der Waals surface area contributed by atoms with Crippen LogP contribution in [0.3, 0.4) is 0 Å². The molecule has 0 amide bonds. The first-order valence-corrected chi connectivity index (χ1v) is 4.69. The number of allylic oxidation sites excluding steroid dienone is 2. The third kappa shape index (κ3) is 2.66. The summed E-state index contributed by atoms with van der Waals surface area (Å²) in [5, 5.41) is 0. The van der Waals surface area contributed by atoms with Crippen molar-refractivity contribution in [1.82, 2.24) is 0 Å². The van der Waals surface area contributed by atoms with Gasteiger partial charge < -0.3 is 4.74 Å². The van der Waals surface area contributed by atoms with E-state index >= 15 is 0 Å². The van der Waals surface area contributed by atoms with Crippen molar-refractivity contribution in [3.63, 3.8) is 0 Å². The van der Waals surface area contributed by atoms with Crippen LogP contribution < -0.4 is 0 Å². The molecule has 0 saturated heterocycles. The van der Waals surface area contributed by atoms with Crippen LogP contribution in [0.2, 0.25) is 0 Å². The summed E-state index contributed by atoms with van der Waals surface area (Å²) in [6.45, 7) is 5.51. The SMILES string of the molecule is CCOC(=CC1CC1(C)C)C(F)(F)F. The minimum Gasteiger partial charge on any atom is -0.489 e. The smallest absolute Gasteiger partial charge is 0.448 e. The summed E-state index contributed by atoms with van der Waals surface area (Å²) < 4.78 is 41.6. The largest absolute Gasteiger partial charge is 0.489 e. The highest BCUT2D eigenvalue weighted by atomic mass is 19.4. The zero-order valence-electron chi connectivity index (χ0n) is 8.61. The molecule has 0 aromatic heterocycles. The van der Waals surface area contributed by atoms with Crippen LogP contribution in [0.4, 0.5) is 13.2 Å². The van der Waals surface area contributed by atoms with Crippen LogP contribution >= 0.6 is 0 Å². The average molecular weight is 208 g/mol. The number of hydrogen-bond donors (Lipinski definition) is 0. The first-order valence-electron chi connectivity index (χ1n) is 4.69. The van der Waals surface area contributed by atoms with E-state index in [1.807, 2.05) is 13.8 Å². The number of hydrogen-bond acceptors (Lipinski definition) is 1. The second-order valence-corrected chi connectivity index (χ2v) is 4.26. The van der Waals surface area contributed by atoms with Crippen LogP contribution in [0.25, 0.3) is 0 Å². The van der Waals surface area contributed by atoms with Gasteiger partial charge in [0.15, 0.2) is 5.76 Å². The van der Waals surface area contributed by atoms with Crippen molar-refractivity contribution in [1.29, 1.82) is 0 Å². The summed E-state index contributed by atoms with van der Waals surface area (Å²) in [5.41, 5.74) is 0.00754. The zero-order chi connectivity index (χ0) is 11.0. The molecule has 82 valence electrons. The molecule has 0 heterocycles. The lowest BCUT2D eigenvalue weighted by Gasteiger charge is -2.12. The van der Waals surface area contributed by atoms with Gasteiger partial charge in [-0.25, -0.2) is 0 Å². The number of alkyl halides is 3. The molecule has 1 nitrogen and oxygen atoms in total. The van der Waals surface area contributed by atoms with E-state index in [9.17, 15) is 13.2 Å². The van der Waals surface area contributed by atoms with E-state index < -0.39 is 11.9 Å². The molecule has 0 spiro atoms. The lowest BCUT2D eigenvalue weighted by Crippen LogP contribution is -2.15. The first-order chi connectivity index (χ1) is 6.27. The van der Waals surface area contributed by atoms with Gasteiger partial charge in [-0.3, -0.25) is 0 Å². The Hall–Kier alpha value is -0.670. The van der Waals surface area contributed by atoms with Crippen LogP contribution in [0.1, 0.15) is 27.2 Å². The predicted molar refractivity (Wildman–Crippen MR) is 47.7 cm³/mol. The molecule has 1 aliphatic carbocycles. The van der Waals surface area contributed by atoms with Crippen molar-refractivity contribution in [2.75, 3.05) is 6.61 Å². The van der Waals surface area contributed by atoms with Gasteiger partial charge in [-0.05, 0) is 30.8 Å². The van der Waals surface area contributed by atoms with Crippen molar-refractivity contribution in [2.45, 2.75) is 33.4 Å². The van der Waals surface area contributed by atoms with Gasteiger partial charge >= 0.3 is 6.18 Å². The molecular weight excluding hydrogens is 193 g/mol. The molecule has 0 aromatic carbocycles. The number of ether oxygens (including phenoxy) is 1. The molecule has 0 bridgehead atoms. The third-order valence-electron chi connectivity index (χ3n) is 2.52. The van der Waals surface area contributed by atoms with Crippen LogP contribution in [0.15, 0.2) is 11.8 Å². The summed E-state index contributed by atoms with van der Waals surface area (Å²) in [4.78, 5) is 0. The molecule has 1 unspecified atom stereocenters. The van der Waals surface area contributed by atoms with E-state index in [1.165, 1.54) is 6.08 Å². The normalized spacial score (nSPS) is 26.1. The lowest BCUT2D eigenvalue weighted by atomic mass is 10.1. The van der Waals surface area contributed by atoms with Crippen molar-refractivity contribution >= 4 is 0 Å². The van der Waals surface area contributed by atoms with E-state index in [-0.39, 0.29) is 17.9 Å². The Morgan fingerprint density at radius 3 is 2.29 bits per heavy atom. The van der Waals surface area contributed by atoms with Crippen LogP contribution in [-0.2, 0) is 4.74 Å². The maximum Gasteiger partial charge on any atom is 0.448 e. The van der Waals surface area contributed by atoms with E-state index in [4.69, 9.17) is 0 Å². The quantitative estimate of drug-likeness (QED) is 0.645. The van der Waals surface area contributed by atoms with E-state index in [1.54, 1.807) is 6.92 Å². The summed E-state index contributed by atoms with van der Waals surface area (Å²) in [6.07, 6.45) is -2.34. The fourth-order valence-electron chi connectivity index (χ4n) is 1.36. The van der Waals surface area contributed by atoms with Crippen LogP contribution in [-0.4, -0.2) is 12.8 Å². The van der Waals surface area contributed by atoms with Gasteiger partial charge in [0.05, 0.1) is 6.61 Å². The molecule has 1 fully saturated rings. The van der Waals surface area contributed by atoms with Crippen molar-refractivity contribution in [3.05, 3.63) is 11.8 Å². The first kappa shape index (κ1) is 11.4. The van der Waals surface area contributed by atoms with Gasteiger partial charge in [0.25, 0.3) is 0 Å². The van der Waals surface area contributed by atoms with Gasteiger partial charge in [0, 0.05) is 0 Å². The summed E-state index contributed by atoms with van der Waals surface area (Å²) in [5.74, 6) is -0.832.